The van der Waals surface area contributed by atoms with Crippen LogP contribution >= 0.6 is 0 Å². The SMILES string of the molecule is CC1=C(C)C2C(C)=C(C)C(C3CC(c4c(C)c(C)c5c(oc6c7c(C)c(C)c(C)c(C)c7c(-c7c(C)c(C)c(C)c(C)c7C)c(C)c65)c4C)CC(c4c(C)c(C)c5c(C)c(C)c(C)c(C)c5c4C)C3)=C(C)C2C(C)=C1C. The van der Waals surface area contributed by atoms with Gasteiger partial charge in [-0.3, -0.25) is 0 Å². The Labute approximate surface area is 459 Å². The summed E-state index contributed by atoms with van der Waals surface area (Å²) in [5.74, 6) is 2.04. The lowest BCUT2D eigenvalue weighted by atomic mass is 9.58. The maximum absolute atomic E-state index is 7.72. The molecule has 5 unspecified atom stereocenters. The number of aryl methyl sites for hydroxylation is 9. The molecule has 3 aliphatic carbocycles. The molecule has 1 saturated carbocycles. The van der Waals surface area contributed by atoms with Crippen LogP contribution < -0.4 is 0 Å². The first-order valence-corrected chi connectivity index (χ1v) is 29.2. The number of hydrogen-bond donors (Lipinski definition) is 0. The van der Waals surface area contributed by atoms with E-state index in [0.29, 0.717) is 29.6 Å². The molecule has 1 nitrogen and oxygen atoms in total. The van der Waals surface area contributed by atoms with Crippen LogP contribution in [0.5, 0.6) is 0 Å². The van der Waals surface area contributed by atoms with Crippen LogP contribution in [0.25, 0.3) is 54.6 Å². The van der Waals surface area contributed by atoms with Gasteiger partial charge >= 0.3 is 0 Å². The molecular weight excluding hydrogens is 917 g/mol. The third-order valence-electron chi connectivity index (χ3n) is 23.3. The summed E-state index contributed by atoms with van der Waals surface area (Å²) in [5.41, 5.74) is 49.0. The molecule has 3 aliphatic rings. The van der Waals surface area contributed by atoms with Gasteiger partial charge in [0.25, 0.3) is 0 Å². The van der Waals surface area contributed by atoms with Gasteiger partial charge < -0.3 is 4.42 Å². The molecule has 0 bridgehead atoms. The smallest absolute Gasteiger partial charge is 0.143 e. The van der Waals surface area contributed by atoms with Crippen LogP contribution in [0, 0.1) is 156 Å². The van der Waals surface area contributed by atoms with E-state index in [-0.39, 0.29) is 0 Å². The van der Waals surface area contributed by atoms with Crippen molar-refractivity contribution in [3.63, 3.8) is 0 Å². The van der Waals surface area contributed by atoms with E-state index in [2.05, 4.69) is 187 Å². The number of furan rings is 1. The van der Waals surface area contributed by atoms with E-state index in [9.17, 15) is 0 Å². The van der Waals surface area contributed by atoms with Crippen LogP contribution in [-0.2, 0) is 0 Å². The zero-order valence-electron chi connectivity index (χ0n) is 52.4. The first-order valence-electron chi connectivity index (χ1n) is 29.2. The zero-order chi connectivity index (χ0) is 55.8. The Balaban J connectivity index is 1.27. The highest BCUT2D eigenvalue weighted by atomic mass is 16.3. The molecule has 76 heavy (non-hydrogen) atoms. The van der Waals surface area contributed by atoms with Gasteiger partial charge in [-0.05, 0) is 396 Å². The molecular formula is C75H92O. The first kappa shape index (κ1) is 54.0. The third-order valence-corrected chi connectivity index (χ3v) is 23.3. The van der Waals surface area contributed by atoms with Gasteiger partial charge in [-0.1, -0.05) is 22.3 Å². The van der Waals surface area contributed by atoms with Gasteiger partial charge in [-0.2, -0.15) is 0 Å². The Bertz CT molecular complexity index is 3930. The minimum absolute atomic E-state index is 0.350. The van der Waals surface area contributed by atoms with Gasteiger partial charge in [-0.15, -0.1) is 0 Å². The number of fused-ring (bicyclic) bond motifs is 7. The standard InChI is InChI=1S/C75H92O/c1-31-32(2)42(12)66(43(13)33(31)3)70-56(26)73-72-53(23)50(20)63(57(27)74(72)76-75(73)71-47(17)39(9)38(8)46(16)69(70)71)60-29-58(61-48(18)51(21)64-40(10)34(4)36(6)44(14)67(64)54(61)24)28-59(30-60)62-49(19)52(22)65-41(11)35(5)37(7)45(15)68(65)55(62)25/h58-60,64,67H,28-30H2,1-27H3. The molecule has 0 saturated heterocycles. The molecule has 0 aliphatic heterocycles. The molecule has 1 aromatic heterocycles. The number of allylic oxidation sites excluding steroid dienone is 8. The summed E-state index contributed by atoms with van der Waals surface area (Å²) in [6.07, 6.45) is 3.44. The lowest BCUT2D eigenvalue weighted by Crippen LogP contribution is -2.33. The second-order valence-corrected chi connectivity index (χ2v) is 25.9. The second-order valence-electron chi connectivity index (χ2n) is 25.9. The molecule has 1 heteroatoms. The molecule has 1 heterocycles. The van der Waals surface area contributed by atoms with Crippen molar-refractivity contribution in [1.29, 1.82) is 0 Å². The second kappa shape index (κ2) is 18.4. The number of rotatable bonds is 4. The van der Waals surface area contributed by atoms with Crippen LogP contribution in [-0.4, -0.2) is 0 Å². The normalized spacial score (nSPS) is 20.6. The average Bonchev–Trinajstić information content (AvgIpc) is 3.80. The largest absolute Gasteiger partial charge is 0.455 e. The fourth-order valence-electron chi connectivity index (χ4n) is 17.3. The molecule has 0 spiro atoms. The van der Waals surface area contributed by atoms with E-state index >= 15 is 0 Å². The Kier molecular flexibility index (Phi) is 13.0. The van der Waals surface area contributed by atoms with E-state index in [1.165, 1.54) is 178 Å². The van der Waals surface area contributed by atoms with Gasteiger partial charge in [0.05, 0.1) is 0 Å². The predicted octanol–water partition coefficient (Wildman–Crippen LogP) is 22.0. The van der Waals surface area contributed by atoms with Gasteiger partial charge in [-0.25, -0.2) is 0 Å². The van der Waals surface area contributed by atoms with Gasteiger partial charge in [0.2, 0.25) is 0 Å². The molecule has 0 amide bonds. The zero-order valence-corrected chi connectivity index (χ0v) is 52.4. The highest BCUT2D eigenvalue weighted by Crippen LogP contribution is 2.59. The highest BCUT2D eigenvalue weighted by molar-refractivity contribution is 6.24. The lowest BCUT2D eigenvalue weighted by Gasteiger charge is -2.46. The monoisotopic (exact) mass is 1010 g/mol. The molecule has 7 aromatic rings. The van der Waals surface area contributed by atoms with Crippen molar-refractivity contribution < 1.29 is 4.42 Å². The Morgan fingerprint density at radius 2 is 0.566 bits per heavy atom. The van der Waals surface area contributed by atoms with Crippen molar-refractivity contribution in [2.45, 2.75) is 218 Å². The Morgan fingerprint density at radius 3 is 1.07 bits per heavy atom. The predicted molar refractivity (Wildman–Crippen MR) is 333 cm³/mol. The summed E-state index contributed by atoms with van der Waals surface area (Å²) < 4.78 is 7.72. The van der Waals surface area contributed by atoms with Crippen LogP contribution in [0.4, 0.5) is 0 Å². The number of benzene rings is 6. The molecule has 398 valence electrons. The third kappa shape index (κ3) is 7.07. The Hall–Kier alpha value is -5.40. The molecule has 1 fully saturated rings. The van der Waals surface area contributed by atoms with Crippen molar-refractivity contribution in [2.75, 3.05) is 0 Å². The molecule has 10 rings (SSSR count). The van der Waals surface area contributed by atoms with E-state index in [0.717, 1.165) is 24.0 Å². The minimum Gasteiger partial charge on any atom is -0.455 e. The maximum Gasteiger partial charge on any atom is 0.143 e. The van der Waals surface area contributed by atoms with Crippen LogP contribution in [0.2, 0.25) is 0 Å². The number of hydrogen-bond acceptors (Lipinski definition) is 1. The fraction of sp³-hybridized carbons (Fsp3) is 0.467. The minimum atomic E-state index is 0.350. The molecule has 0 N–H and O–H groups in total. The highest BCUT2D eigenvalue weighted by Gasteiger charge is 2.43. The van der Waals surface area contributed by atoms with Crippen molar-refractivity contribution in [1.82, 2.24) is 0 Å². The summed E-state index contributed by atoms with van der Waals surface area (Å²) in [4.78, 5) is 0. The van der Waals surface area contributed by atoms with Gasteiger partial charge in [0.1, 0.15) is 11.2 Å². The van der Waals surface area contributed by atoms with Gasteiger partial charge in [0, 0.05) is 28.0 Å². The van der Waals surface area contributed by atoms with E-state index in [1.54, 1.807) is 39.0 Å². The average molecular weight is 1010 g/mol. The topological polar surface area (TPSA) is 13.1 Å². The van der Waals surface area contributed by atoms with E-state index in [4.69, 9.17) is 4.42 Å². The van der Waals surface area contributed by atoms with Crippen molar-refractivity contribution in [2.24, 2.45) is 17.8 Å². The molecule has 0 radical (unpaired) electrons. The summed E-state index contributed by atoms with van der Waals surface area (Å²) in [6, 6.07) is 0. The van der Waals surface area contributed by atoms with Crippen LogP contribution in [0.1, 0.15) is 202 Å². The molecule has 6 aromatic carbocycles. The summed E-state index contributed by atoms with van der Waals surface area (Å²) in [5, 5.41) is 8.28. The van der Waals surface area contributed by atoms with Crippen molar-refractivity contribution in [3.05, 3.63) is 167 Å². The maximum atomic E-state index is 7.72. The van der Waals surface area contributed by atoms with E-state index in [1.807, 2.05) is 0 Å². The lowest BCUT2D eigenvalue weighted by molar-refractivity contribution is 0.314. The quantitative estimate of drug-likeness (QED) is 0.171. The molecule has 5 atom stereocenters. The van der Waals surface area contributed by atoms with Crippen LogP contribution in [0.15, 0.2) is 49.0 Å². The van der Waals surface area contributed by atoms with Crippen LogP contribution in [0.3, 0.4) is 0 Å². The Morgan fingerprint density at radius 1 is 0.237 bits per heavy atom. The van der Waals surface area contributed by atoms with Gasteiger partial charge in [0.15, 0.2) is 0 Å². The van der Waals surface area contributed by atoms with Crippen molar-refractivity contribution in [3.8, 4) is 11.1 Å². The first-order chi connectivity index (χ1) is 35.5. The van der Waals surface area contributed by atoms with E-state index < -0.39 is 0 Å². The summed E-state index contributed by atoms with van der Waals surface area (Å²) in [7, 11) is 0. The van der Waals surface area contributed by atoms with Crippen molar-refractivity contribution >= 4 is 43.5 Å². The summed E-state index contributed by atoms with van der Waals surface area (Å²) >= 11 is 0. The summed E-state index contributed by atoms with van der Waals surface area (Å²) in [6.45, 7) is 64.9. The fourth-order valence-corrected chi connectivity index (χ4v) is 17.3.